The molecule has 1 amide bonds. The van der Waals surface area contributed by atoms with Crippen LogP contribution in [0.1, 0.15) is 13.8 Å². The summed E-state index contributed by atoms with van der Waals surface area (Å²) in [6, 6.07) is 9.86. The van der Waals surface area contributed by atoms with Gasteiger partial charge in [-0.05, 0) is 44.3 Å². The number of hydrogen-bond donors (Lipinski definition) is 2. The number of fused-ring (bicyclic) bond motifs is 1. The molecule has 3 aromatic heterocycles. The zero-order valence-corrected chi connectivity index (χ0v) is 20.4. The molecule has 0 bridgehead atoms. The highest BCUT2D eigenvalue weighted by molar-refractivity contribution is 5.97. The first-order valence-corrected chi connectivity index (χ1v) is 11.6. The van der Waals surface area contributed by atoms with Crippen molar-refractivity contribution in [1.82, 2.24) is 29.8 Å². The molecule has 0 radical (unpaired) electrons. The average molecular weight is 475 g/mol. The highest BCUT2D eigenvalue weighted by atomic mass is 16.5. The van der Waals surface area contributed by atoms with E-state index in [1.54, 1.807) is 19.4 Å². The molecule has 0 saturated heterocycles. The average Bonchev–Trinajstić information content (AvgIpc) is 3.29. The van der Waals surface area contributed by atoms with Gasteiger partial charge >= 0.3 is 6.09 Å². The van der Waals surface area contributed by atoms with E-state index in [0.29, 0.717) is 11.5 Å². The van der Waals surface area contributed by atoms with Gasteiger partial charge in [-0.3, -0.25) is 10.3 Å². The molecule has 1 aromatic carbocycles. The third kappa shape index (κ3) is 5.72. The van der Waals surface area contributed by atoms with E-state index in [9.17, 15) is 4.79 Å². The van der Waals surface area contributed by atoms with Crippen molar-refractivity contribution in [3.63, 3.8) is 0 Å². The van der Waals surface area contributed by atoms with Gasteiger partial charge in [0, 0.05) is 49.7 Å². The second kappa shape index (κ2) is 10.9. The van der Waals surface area contributed by atoms with Crippen LogP contribution in [0.4, 0.5) is 16.6 Å². The van der Waals surface area contributed by atoms with E-state index in [4.69, 9.17) is 4.74 Å². The number of anilines is 2. The summed E-state index contributed by atoms with van der Waals surface area (Å²) >= 11 is 0. The van der Waals surface area contributed by atoms with Gasteiger partial charge < -0.3 is 19.5 Å². The molecule has 0 spiro atoms. The maximum atomic E-state index is 12.0. The minimum absolute atomic E-state index is 0.272. The van der Waals surface area contributed by atoms with Crippen molar-refractivity contribution in [2.45, 2.75) is 13.8 Å². The fraction of sp³-hybridized carbons (Fsp3) is 0.320. The van der Waals surface area contributed by atoms with Gasteiger partial charge in [0.15, 0.2) is 0 Å². The monoisotopic (exact) mass is 474 g/mol. The number of hydrogen-bond acceptors (Lipinski definition) is 8. The summed E-state index contributed by atoms with van der Waals surface area (Å²) in [5.74, 6) is 1.12. The molecule has 10 nitrogen and oxygen atoms in total. The van der Waals surface area contributed by atoms with Crippen LogP contribution in [0.3, 0.4) is 0 Å². The summed E-state index contributed by atoms with van der Waals surface area (Å²) in [4.78, 5) is 37.4. The Balaban J connectivity index is 1.76. The van der Waals surface area contributed by atoms with Crippen molar-refractivity contribution in [1.29, 1.82) is 0 Å². The molecule has 4 rings (SSSR count). The van der Waals surface area contributed by atoms with Crippen LogP contribution >= 0.6 is 0 Å². The number of carbonyl (C=O) groups excluding carboxylic acids is 1. The van der Waals surface area contributed by atoms with Gasteiger partial charge in [0.05, 0.1) is 23.3 Å². The molecular formula is C25H30N8O2. The molecule has 0 aliphatic rings. The van der Waals surface area contributed by atoms with Gasteiger partial charge in [-0.15, -0.1) is 0 Å². The van der Waals surface area contributed by atoms with Gasteiger partial charge in [-0.25, -0.2) is 19.7 Å². The Hall–Kier alpha value is -4.05. The molecule has 0 aliphatic carbocycles. The lowest BCUT2D eigenvalue weighted by Crippen LogP contribution is -2.31. The van der Waals surface area contributed by atoms with Crippen molar-refractivity contribution in [2.75, 3.05) is 50.6 Å². The predicted octanol–water partition coefficient (Wildman–Crippen LogP) is 4.04. The van der Waals surface area contributed by atoms with Gasteiger partial charge in [0.25, 0.3) is 0 Å². The van der Waals surface area contributed by atoms with E-state index in [1.165, 1.54) is 0 Å². The number of nitrogens with one attached hydrogen (secondary N) is 2. The summed E-state index contributed by atoms with van der Waals surface area (Å²) in [6.45, 7) is 6.91. The van der Waals surface area contributed by atoms with E-state index in [-0.39, 0.29) is 6.61 Å². The highest BCUT2D eigenvalue weighted by Crippen LogP contribution is 2.33. The molecular weight excluding hydrogens is 444 g/mol. The number of benzene rings is 1. The topological polar surface area (TPSA) is 112 Å². The Bertz CT molecular complexity index is 1290. The fourth-order valence-corrected chi connectivity index (χ4v) is 3.63. The second-order valence-corrected chi connectivity index (χ2v) is 8.17. The molecule has 10 heteroatoms. The Morgan fingerprint density at radius 2 is 1.97 bits per heavy atom. The molecule has 0 aliphatic heterocycles. The van der Waals surface area contributed by atoms with Crippen LogP contribution in [0, 0.1) is 0 Å². The summed E-state index contributed by atoms with van der Waals surface area (Å²) in [6.07, 6.45) is 4.55. The maximum absolute atomic E-state index is 12.0. The zero-order valence-electron chi connectivity index (χ0n) is 20.4. The molecule has 3 heterocycles. The smallest absolute Gasteiger partial charge is 0.413 e. The largest absolute Gasteiger partial charge is 0.450 e. The Morgan fingerprint density at radius 1 is 1.11 bits per heavy atom. The number of aromatic amines is 1. The van der Waals surface area contributed by atoms with Crippen molar-refractivity contribution in [3.05, 3.63) is 49.1 Å². The molecule has 182 valence electrons. The number of nitrogens with zero attached hydrogens (tertiary/aromatic N) is 6. The van der Waals surface area contributed by atoms with E-state index in [0.717, 1.165) is 53.4 Å². The van der Waals surface area contributed by atoms with Crippen LogP contribution in [0.2, 0.25) is 0 Å². The first-order chi connectivity index (χ1) is 17.0. The van der Waals surface area contributed by atoms with Crippen LogP contribution in [-0.2, 0) is 4.74 Å². The number of imidazole rings is 1. The Morgan fingerprint density at radius 3 is 2.71 bits per heavy atom. The number of rotatable bonds is 9. The Kier molecular flexibility index (Phi) is 7.51. The van der Waals surface area contributed by atoms with Crippen molar-refractivity contribution in [2.24, 2.45) is 0 Å². The van der Waals surface area contributed by atoms with E-state index < -0.39 is 6.09 Å². The van der Waals surface area contributed by atoms with Crippen LogP contribution in [0.5, 0.6) is 0 Å². The van der Waals surface area contributed by atoms with Gasteiger partial charge in [0.2, 0.25) is 5.95 Å². The molecule has 0 fully saturated rings. The second-order valence-electron chi connectivity index (χ2n) is 8.17. The molecule has 2 N–H and O–H groups in total. The minimum Gasteiger partial charge on any atom is -0.450 e. The fourth-order valence-electron chi connectivity index (χ4n) is 3.63. The quantitative estimate of drug-likeness (QED) is 0.374. The number of likely N-dealkylation sites (N-methyl/N-ethyl adjacent to an activating group) is 2. The number of ether oxygens (including phenoxy) is 1. The van der Waals surface area contributed by atoms with Crippen LogP contribution in [-0.4, -0.2) is 76.2 Å². The number of H-pyrrole nitrogens is 1. The van der Waals surface area contributed by atoms with E-state index >= 15 is 0 Å². The van der Waals surface area contributed by atoms with E-state index in [1.807, 2.05) is 43.6 Å². The molecule has 4 aromatic rings. The van der Waals surface area contributed by atoms with Gasteiger partial charge in [-0.1, -0.05) is 13.0 Å². The number of pyridine rings is 1. The summed E-state index contributed by atoms with van der Waals surface area (Å²) in [7, 11) is 4.12. The van der Waals surface area contributed by atoms with Crippen molar-refractivity contribution < 1.29 is 9.53 Å². The third-order valence-electron chi connectivity index (χ3n) is 5.75. The third-order valence-corrected chi connectivity index (χ3v) is 5.75. The van der Waals surface area contributed by atoms with Crippen LogP contribution < -0.4 is 10.2 Å². The number of amides is 1. The lowest BCUT2D eigenvalue weighted by atomic mass is 10.0. The molecule has 35 heavy (non-hydrogen) atoms. The minimum atomic E-state index is -0.566. The predicted molar refractivity (Wildman–Crippen MR) is 137 cm³/mol. The summed E-state index contributed by atoms with van der Waals surface area (Å²) in [5, 5.41) is 2.65. The van der Waals surface area contributed by atoms with Crippen LogP contribution in [0.15, 0.2) is 49.1 Å². The lowest BCUT2D eigenvalue weighted by molar-refractivity contribution is 0.167. The summed E-state index contributed by atoms with van der Waals surface area (Å²) < 4.78 is 4.99. The normalized spacial score (nSPS) is 11.1. The first kappa shape index (κ1) is 24.1. The summed E-state index contributed by atoms with van der Waals surface area (Å²) in [5.41, 5.74) is 4.89. The standard InChI is InChI=1S/C25H30N8O2/c1-5-32(3)10-11-33(4)22-14-20(27-16-28-22)19-12-18(17-8-7-9-26-15-17)13-21-23(19)30-24(29-21)31-25(34)35-6-2/h7-9,12-16H,5-6,10-11H2,1-4H3,(H2,29,30,31,34). The Labute approximate surface area is 204 Å². The maximum Gasteiger partial charge on any atom is 0.413 e. The van der Waals surface area contributed by atoms with Gasteiger partial charge in [0.1, 0.15) is 12.1 Å². The molecule has 0 saturated carbocycles. The van der Waals surface area contributed by atoms with Gasteiger partial charge in [-0.2, -0.15) is 0 Å². The van der Waals surface area contributed by atoms with E-state index in [2.05, 4.69) is 54.0 Å². The van der Waals surface area contributed by atoms with Crippen LogP contribution in [0.25, 0.3) is 33.4 Å². The number of carbonyl (C=O) groups is 1. The molecule has 0 atom stereocenters. The number of aromatic nitrogens is 5. The highest BCUT2D eigenvalue weighted by Gasteiger charge is 2.16. The zero-order chi connectivity index (χ0) is 24.8. The molecule has 0 unspecified atom stereocenters. The van der Waals surface area contributed by atoms with Crippen molar-refractivity contribution in [3.8, 4) is 22.4 Å². The SMILES string of the molecule is CCOC(=O)Nc1nc2c(-c3cc(N(C)CCN(C)CC)ncn3)cc(-c3cccnc3)cc2[nH]1. The first-order valence-electron chi connectivity index (χ1n) is 11.6. The van der Waals surface area contributed by atoms with Crippen molar-refractivity contribution >= 4 is 28.9 Å². The lowest BCUT2D eigenvalue weighted by Gasteiger charge is -2.22.